The second kappa shape index (κ2) is 4.60. The molecule has 0 aromatic carbocycles. The first-order valence-electron chi connectivity index (χ1n) is 2.68. The van der Waals surface area contributed by atoms with Crippen LogP contribution in [0.1, 0.15) is 13.8 Å². The number of aliphatic hydroxyl groups excluding tert-OH is 1. The quantitative estimate of drug-likeness (QED) is 0.537. The van der Waals surface area contributed by atoms with Crippen molar-refractivity contribution < 1.29 is 5.11 Å². The van der Waals surface area contributed by atoms with Crippen LogP contribution in [0.3, 0.4) is 0 Å². The molecule has 0 aliphatic heterocycles. The minimum Gasteiger partial charge on any atom is -0.392 e. The fraction of sp³-hybridized carbons (Fsp3) is 0.429. The topological polar surface area (TPSA) is 20.2 Å². The van der Waals surface area contributed by atoms with Crippen molar-refractivity contribution in [3.8, 4) is 0 Å². The van der Waals surface area contributed by atoms with E-state index in [1.165, 1.54) is 5.57 Å². The van der Waals surface area contributed by atoms with E-state index in [1.807, 2.05) is 26.0 Å². The molecule has 0 saturated carbocycles. The van der Waals surface area contributed by atoms with Crippen molar-refractivity contribution in [2.75, 3.05) is 6.61 Å². The highest BCUT2D eigenvalue weighted by Gasteiger charge is 1.68. The summed E-state index contributed by atoms with van der Waals surface area (Å²) < 4.78 is 0. The van der Waals surface area contributed by atoms with Gasteiger partial charge in [-0.2, -0.15) is 0 Å². The molecule has 0 amide bonds. The van der Waals surface area contributed by atoms with Crippen molar-refractivity contribution in [3.63, 3.8) is 0 Å². The standard InChI is InChI=1S/C7H12O/c1-7(2)5-3-4-6-8/h3-5,8H,6H2,1-2H3/b4-3-. The van der Waals surface area contributed by atoms with Gasteiger partial charge in [-0.3, -0.25) is 0 Å². The zero-order valence-electron chi connectivity index (χ0n) is 5.39. The zero-order valence-corrected chi connectivity index (χ0v) is 5.39. The Morgan fingerprint density at radius 3 is 2.50 bits per heavy atom. The lowest BCUT2D eigenvalue weighted by atomic mass is 10.3. The average molecular weight is 112 g/mol. The maximum Gasteiger partial charge on any atom is 0.0615 e. The second-order valence-corrected chi connectivity index (χ2v) is 1.85. The van der Waals surface area contributed by atoms with E-state index in [0.29, 0.717) is 0 Å². The summed E-state index contributed by atoms with van der Waals surface area (Å²) in [5.41, 5.74) is 1.25. The van der Waals surface area contributed by atoms with Crippen LogP contribution in [0.4, 0.5) is 0 Å². The van der Waals surface area contributed by atoms with Gasteiger partial charge in [0.2, 0.25) is 0 Å². The van der Waals surface area contributed by atoms with Crippen LogP contribution in [-0.4, -0.2) is 11.7 Å². The predicted octanol–water partition coefficient (Wildman–Crippen LogP) is 1.50. The minimum atomic E-state index is 0.129. The lowest BCUT2D eigenvalue weighted by Crippen LogP contribution is -1.68. The summed E-state index contributed by atoms with van der Waals surface area (Å²) in [5.74, 6) is 0. The molecule has 0 saturated heterocycles. The molecule has 0 aromatic rings. The van der Waals surface area contributed by atoms with E-state index < -0.39 is 0 Å². The molecule has 0 bridgehead atoms. The van der Waals surface area contributed by atoms with Crippen molar-refractivity contribution in [2.24, 2.45) is 0 Å². The highest BCUT2D eigenvalue weighted by Crippen LogP contribution is 1.87. The molecule has 0 aliphatic rings. The summed E-state index contributed by atoms with van der Waals surface area (Å²) in [4.78, 5) is 0. The minimum absolute atomic E-state index is 0.129. The van der Waals surface area contributed by atoms with Crippen LogP contribution in [0.5, 0.6) is 0 Å². The summed E-state index contributed by atoms with van der Waals surface area (Å²) in [6.07, 6.45) is 5.50. The predicted molar refractivity (Wildman–Crippen MR) is 35.7 cm³/mol. The van der Waals surface area contributed by atoms with Crippen LogP contribution in [-0.2, 0) is 0 Å². The molecule has 0 atom stereocenters. The molecule has 0 spiro atoms. The summed E-state index contributed by atoms with van der Waals surface area (Å²) in [7, 11) is 0. The first-order chi connectivity index (χ1) is 3.77. The average Bonchev–Trinajstić information content (AvgIpc) is 1.66. The molecule has 0 aliphatic carbocycles. The highest BCUT2D eigenvalue weighted by atomic mass is 16.2. The molecule has 0 aromatic heterocycles. The molecule has 1 nitrogen and oxygen atoms in total. The molecular weight excluding hydrogens is 100 g/mol. The molecular formula is C7H12O. The van der Waals surface area contributed by atoms with Crippen molar-refractivity contribution in [3.05, 3.63) is 23.8 Å². The van der Waals surface area contributed by atoms with Gasteiger partial charge < -0.3 is 5.11 Å². The number of allylic oxidation sites excluding steroid dienone is 3. The maximum absolute atomic E-state index is 8.26. The van der Waals surface area contributed by atoms with Crippen LogP contribution in [0.2, 0.25) is 0 Å². The van der Waals surface area contributed by atoms with Crippen LogP contribution in [0.15, 0.2) is 23.8 Å². The Bertz CT molecular complexity index is 97.0. The van der Waals surface area contributed by atoms with Crippen LogP contribution in [0.25, 0.3) is 0 Å². The van der Waals surface area contributed by atoms with E-state index in [9.17, 15) is 0 Å². The Morgan fingerprint density at radius 2 is 2.12 bits per heavy atom. The van der Waals surface area contributed by atoms with Gasteiger partial charge in [0.25, 0.3) is 0 Å². The SMILES string of the molecule is CC(C)=C/C=C\CO. The maximum atomic E-state index is 8.26. The normalized spacial score (nSPS) is 9.88. The lowest BCUT2D eigenvalue weighted by Gasteiger charge is -1.79. The van der Waals surface area contributed by atoms with Crippen molar-refractivity contribution >= 4 is 0 Å². The third kappa shape index (κ3) is 5.44. The molecule has 46 valence electrons. The van der Waals surface area contributed by atoms with Crippen LogP contribution in [0, 0.1) is 0 Å². The zero-order chi connectivity index (χ0) is 6.41. The Hall–Kier alpha value is -0.560. The van der Waals surface area contributed by atoms with Crippen molar-refractivity contribution in [1.82, 2.24) is 0 Å². The van der Waals surface area contributed by atoms with E-state index in [4.69, 9.17) is 5.11 Å². The molecule has 0 unspecified atom stereocenters. The second-order valence-electron chi connectivity index (χ2n) is 1.85. The number of hydrogen-bond donors (Lipinski definition) is 1. The van der Waals surface area contributed by atoms with Gasteiger partial charge in [0, 0.05) is 0 Å². The molecule has 0 rings (SSSR count). The Kier molecular flexibility index (Phi) is 4.27. The van der Waals surface area contributed by atoms with E-state index in [0.717, 1.165) is 0 Å². The van der Waals surface area contributed by atoms with Gasteiger partial charge in [-0.25, -0.2) is 0 Å². The van der Waals surface area contributed by atoms with Crippen molar-refractivity contribution in [2.45, 2.75) is 13.8 Å². The lowest BCUT2D eigenvalue weighted by molar-refractivity contribution is 0.343. The molecule has 0 heterocycles. The summed E-state index contributed by atoms with van der Waals surface area (Å²) in [6, 6.07) is 0. The molecule has 8 heavy (non-hydrogen) atoms. The fourth-order valence-electron chi connectivity index (χ4n) is 0.321. The van der Waals surface area contributed by atoms with Gasteiger partial charge in [-0.1, -0.05) is 23.8 Å². The van der Waals surface area contributed by atoms with Crippen LogP contribution >= 0.6 is 0 Å². The number of aliphatic hydroxyl groups is 1. The first kappa shape index (κ1) is 7.44. The Labute approximate surface area is 50.3 Å². The van der Waals surface area contributed by atoms with E-state index in [1.54, 1.807) is 6.08 Å². The van der Waals surface area contributed by atoms with Crippen molar-refractivity contribution in [1.29, 1.82) is 0 Å². The van der Waals surface area contributed by atoms with Gasteiger partial charge in [0.1, 0.15) is 0 Å². The van der Waals surface area contributed by atoms with Gasteiger partial charge in [0.15, 0.2) is 0 Å². The van der Waals surface area contributed by atoms with Gasteiger partial charge in [0.05, 0.1) is 6.61 Å². The number of hydrogen-bond acceptors (Lipinski definition) is 1. The molecule has 1 heteroatoms. The fourth-order valence-corrected chi connectivity index (χ4v) is 0.321. The largest absolute Gasteiger partial charge is 0.392 e. The Balaban J connectivity index is 3.42. The van der Waals surface area contributed by atoms with Gasteiger partial charge >= 0.3 is 0 Å². The van der Waals surface area contributed by atoms with Crippen LogP contribution < -0.4 is 0 Å². The summed E-state index contributed by atoms with van der Waals surface area (Å²) in [6.45, 7) is 4.16. The first-order valence-corrected chi connectivity index (χ1v) is 2.68. The molecule has 0 radical (unpaired) electrons. The molecule has 1 N–H and O–H groups in total. The Morgan fingerprint density at radius 1 is 1.50 bits per heavy atom. The third-order valence-electron chi connectivity index (χ3n) is 0.671. The number of rotatable bonds is 2. The van der Waals surface area contributed by atoms with E-state index >= 15 is 0 Å². The monoisotopic (exact) mass is 112 g/mol. The summed E-state index contributed by atoms with van der Waals surface area (Å²) in [5, 5.41) is 8.26. The highest BCUT2D eigenvalue weighted by molar-refractivity contribution is 5.07. The van der Waals surface area contributed by atoms with Gasteiger partial charge in [-0.15, -0.1) is 0 Å². The third-order valence-corrected chi connectivity index (χ3v) is 0.671. The molecule has 0 fully saturated rings. The van der Waals surface area contributed by atoms with E-state index in [-0.39, 0.29) is 6.61 Å². The smallest absolute Gasteiger partial charge is 0.0615 e. The van der Waals surface area contributed by atoms with Gasteiger partial charge in [-0.05, 0) is 13.8 Å². The summed E-state index contributed by atoms with van der Waals surface area (Å²) >= 11 is 0. The van der Waals surface area contributed by atoms with E-state index in [2.05, 4.69) is 0 Å².